The average Bonchev–Trinajstić information content (AvgIpc) is 2.99. The summed E-state index contributed by atoms with van der Waals surface area (Å²) in [5.41, 5.74) is 7.65. The number of carbonyl (C=O) groups excluding carboxylic acids is 3. The molecule has 0 saturated carbocycles. The molecule has 0 aliphatic carbocycles. The highest BCUT2D eigenvalue weighted by atomic mass is 32.1. The molecule has 0 unspecified atom stereocenters. The quantitative estimate of drug-likeness (QED) is 0.132. The smallest absolute Gasteiger partial charge is 0.269 e. The fourth-order valence-electron chi connectivity index (χ4n) is 3.65. The van der Waals surface area contributed by atoms with Crippen molar-refractivity contribution in [3.63, 3.8) is 0 Å². The van der Waals surface area contributed by atoms with E-state index in [4.69, 9.17) is 21.7 Å². The zero-order valence-electron chi connectivity index (χ0n) is 22.2. The number of rotatable bonds is 9. The third-order valence-corrected chi connectivity index (χ3v) is 5.87. The Kier molecular flexibility index (Phi) is 10.0. The number of nitrogens with one attached hydrogen (secondary N) is 4. The number of aryl methyl sites for hydroxylation is 1. The van der Waals surface area contributed by atoms with Crippen LogP contribution in [0.4, 0.5) is 5.69 Å². The lowest BCUT2D eigenvalue weighted by Gasteiger charge is -2.12. The number of hydrazine groups is 1. The Morgan fingerprint density at radius 3 is 1.98 bits per heavy atom. The first-order valence-corrected chi connectivity index (χ1v) is 13.1. The predicted molar refractivity (Wildman–Crippen MR) is 160 cm³/mol. The Morgan fingerprint density at radius 2 is 1.27 bits per heavy atom. The lowest BCUT2D eigenvalue weighted by atomic mass is 10.1. The minimum Gasteiger partial charge on any atom is -0.490 e. The van der Waals surface area contributed by atoms with E-state index < -0.39 is 11.8 Å². The van der Waals surface area contributed by atoms with E-state index in [-0.39, 0.29) is 11.0 Å². The zero-order valence-corrected chi connectivity index (χ0v) is 23.0. The van der Waals surface area contributed by atoms with Crippen molar-refractivity contribution in [1.82, 2.24) is 16.2 Å². The van der Waals surface area contributed by atoms with Gasteiger partial charge in [-0.1, -0.05) is 42.0 Å². The number of anilines is 1. The first-order chi connectivity index (χ1) is 19.9. The van der Waals surface area contributed by atoms with Crippen LogP contribution in [-0.4, -0.2) is 36.0 Å². The Hall–Kier alpha value is -5.22. The van der Waals surface area contributed by atoms with Gasteiger partial charge in [0.15, 0.2) is 5.11 Å². The predicted octanol–water partition coefficient (Wildman–Crippen LogP) is 4.65. The topological polar surface area (TPSA) is 118 Å². The lowest BCUT2D eigenvalue weighted by Crippen LogP contribution is -2.48. The van der Waals surface area contributed by atoms with Gasteiger partial charge in [0.2, 0.25) is 0 Å². The molecule has 4 rings (SSSR count). The van der Waals surface area contributed by atoms with Gasteiger partial charge < -0.3 is 14.8 Å². The van der Waals surface area contributed by atoms with Crippen LogP contribution >= 0.6 is 12.2 Å². The van der Waals surface area contributed by atoms with Crippen LogP contribution in [0.2, 0.25) is 0 Å². The van der Waals surface area contributed by atoms with Crippen molar-refractivity contribution in [2.45, 2.75) is 6.92 Å². The fourth-order valence-corrected chi connectivity index (χ4v) is 3.79. The monoisotopic (exact) mass is 568 g/mol. The molecule has 0 saturated heterocycles. The van der Waals surface area contributed by atoms with Crippen LogP contribution in [0.15, 0.2) is 103 Å². The van der Waals surface area contributed by atoms with Gasteiger partial charge in [-0.25, -0.2) is 0 Å². The number of hydrogen-bond acceptors (Lipinski definition) is 6. The molecule has 0 fully saturated rings. The van der Waals surface area contributed by atoms with E-state index in [1.807, 2.05) is 49.4 Å². The van der Waals surface area contributed by atoms with Crippen LogP contribution in [0.5, 0.6) is 11.5 Å². The number of thiocarbonyl (C=S) groups is 1. The van der Waals surface area contributed by atoms with Gasteiger partial charge in [0.05, 0.1) is 0 Å². The zero-order chi connectivity index (χ0) is 29.0. The molecule has 9 nitrogen and oxygen atoms in total. The summed E-state index contributed by atoms with van der Waals surface area (Å²) in [6.07, 6.45) is 0. The average molecular weight is 569 g/mol. The maximum Gasteiger partial charge on any atom is 0.269 e. The summed E-state index contributed by atoms with van der Waals surface area (Å²) in [7, 11) is 0. The van der Waals surface area contributed by atoms with E-state index in [0.29, 0.717) is 41.3 Å². The highest BCUT2D eigenvalue weighted by molar-refractivity contribution is 7.80. The molecule has 3 amide bonds. The van der Waals surface area contributed by atoms with Gasteiger partial charge in [-0.2, -0.15) is 0 Å². The second kappa shape index (κ2) is 14.2. The fraction of sp³-hybridized carbons (Fsp3) is 0.0968. The van der Waals surface area contributed by atoms with Gasteiger partial charge in [-0.15, -0.1) is 0 Å². The van der Waals surface area contributed by atoms with Crippen molar-refractivity contribution >= 4 is 40.7 Å². The molecule has 4 aromatic rings. The molecular weight excluding hydrogens is 540 g/mol. The molecule has 41 heavy (non-hydrogen) atoms. The number of carbonyl (C=O) groups is 3. The second-order valence-corrected chi connectivity index (χ2v) is 9.21. The van der Waals surface area contributed by atoms with Crippen LogP contribution in [0.25, 0.3) is 0 Å². The summed E-state index contributed by atoms with van der Waals surface area (Å²) in [6.45, 7) is 2.55. The molecule has 4 N–H and O–H groups in total. The largest absolute Gasteiger partial charge is 0.490 e. The van der Waals surface area contributed by atoms with Crippen molar-refractivity contribution in [2.75, 3.05) is 18.5 Å². The molecule has 0 aromatic heterocycles. The number of benzene rings is 4. The summed E-state index contributed by atoms with van der Waals surface area (Å²) in [6, 6.07) is 29.6. The van der Waals surface area contributed by atoms with E-state index >= 15 is 0 Å². The Labute approximate surface area is 242 Å². The van der Waals surface area contributed by atoms with Crippen molar-refractivity contribution < 1.29 is 23.9 Å². The molecule has 0 spiro atoms. The minimum atomic E-state index is -0.480. The van der Waals surface area contributed by atoms with Gasteiger partial charge in [-0.05, 0) is 85.9 Å². The maximum atomic E-state index is 12.6. The summed E-state index contributed by atoms with van der Waals surface area (Å²) in [5, 5.41) is 5.21. The standard InChI is InChI=1S/C31H28N4O5S/c1-21-7-5-8-23(19-21)28(36)32-25-15-13-22(14-16-25)30(38)34-35-31(41)33-29(37)24-9-6-12-27(20-24)40-18-17-39-26-10-3-2-4-11-26/h2-16,19-20H,17-18H2,1H3,(H,32,36)(H,34,38)(H2,33,35,37,41). The van der Waals surface area contributed by atoms with Crippen LogP contribution in [0, 0.1) is 6.92 Å². The normalized spacial score (nSPS) is 10.2. The van der Waals surface area contributed by atoms with E-state index in [9.17, 15) is 14.4 Å². The first-order valence-electron chi connectivity index (χ1n) is 12.7. The summed E-state index contributed by atoms with van der Waals surface area (Å²) in [4.78, 5) is 37.5. The molecule has 4 aromatic carbocycles. The second-order valence-electron chi connectivity index (χ2n) is 8.80. The number of amides is 3. The van der Waals surface area contributed by atoms with Gasteiger partial charge in [-0.3, -0.25) is 30.6 Å². The number of para-hydroxylation sites is 1. The highest BCUT2D eigenvalue weighted by Crippen LogP contribution is 2.15. The molecule has 0 bridgehead atoms. The Bertz CT molecular complexity index is 1530. The minimum absolute atomic E-state index is 0.0898. The molecule has 0 aliphatic rings. The third kappa shape index (κ3) is 8.91. The van der Waals surface area contributed by atoms with Gasteiger partial charge in [0, 0.05) is 22.4 Å². The maximum absolute atomic E-state index is 12.6. The Balaban J connectivity index is 1.20. The van der Waals surface area contributed by atoms with Gasteiger partial charge in [0.25, 0.3) is 17.7 Å². The first kappa shape index (κ1) is 28.8. The van der Waals surface area contributed by atoms with Crippen molar-refractivity contribution in [3.05, 3.63) is 125 Å². The van der Waals surface area contributed by atoms with Crippen LogP contribution in [-0.2, 0) is 0 Å². The summed E-state index contributed by atoms with van der Waals surface area (Å²) >= 11 is 5.13. The van der Waals surface area contributed by atoms with Crippen molar-refractivity contribution in [3.8, 4) is 11.5 Å². The van der Waals surface area contributed by atoms with Crippen LogP contribution in [0.1, 0.15) is 36.6 Å². The lowest BCUT2D eigenvalue weighted by molar-refractivity contribution is 0.0934. The van der Waals surface area contributed by atoms with E-state index in [1.165, 1.54) is 0 Å². The van der Waals surface area contributed by atoms with Gasteiger partial charge >= 0.3 is 0 Å². The highest BCUT2D eigenvalue weighted by Gasteiger charge is 2.12. The molecule has 0 aliphatic heterocycles. The molecule has 10 heteroatoms. The van der Waals surface area contributed by atoms with Crippen LogP contribution < -0.4 is 31.0 Å². The molecule has 0 atom stereocenters. The molecule has 0 radical (unpaired) electrons. The SMILES string of the molecule is Cc1cccc(C(=O)Nc2ccc(C(=O)NNC(=S)NC(=O)c3cccc(OCCOc4ccccc4)c3)cc2)c1. The molecule has 208 valence electrons. The van der Waals surface area contributed by atoms with E-state index in [1.54, 1.807) is 60.7 Å². The van der Waals surface area contributed by atoms with E-state index in [2.05, 4.69) is 21.5 Å². The van der Waals surface area contributed by atoms with Crippen molar-refractivity contribution in [2.24, 2.45) is 0 Å². The number of ether oxygens (including phenoxy) is 2. The molecule has 0 heterocycles. The third-order valence-electron chi connectivity index (χ3n) is 5.66. The Morgan fingerprint density at radius 1 is 0.634 bits per heavy atom. The van der Waals surface area contributed by atoms with Crippen molar-refractivity contribution in [1.29, 1.82) is 0 Å². The van der Waals surface area contributed by atoms with Gasteiger partial charge in [0.1, 0.15) is 24.7 Å². The summed E-state index contributed by atoms with van der Waals surface area (Å²) < 4.78 is 11.3. The molecular formula is C31H28N4O5S. The van der Waals surface area contributed by atoms with Crippen LogP contribution in [0.3, 0.4) is 0 Å². The van der Waals surface area contributed by atoms with E-state index in [0.717, 1.165) is 11.3 Å². The number of hydrogen-bond donors (Lipinski definition) is 4. The summed E-state index contributed by atoms with van der Waals surface area (Å²) in [5.74, 6) is 0.0438.